The van der Waals surface area contributed by atoms with Gasteiger partial charge >= 0.3 is 0 Å². The summed E-state index contributed by atoms with van der Waals surface area (Å²) in [5.74, 6) is 0.472. The van der Waals surface area contributed by atoms with E-state index < -0.39 is 0 Å². The van der Waals surface area contributed by atoms with E-state index in [0.29, 0.717) is 37.1 Å². The molecule has 2 aromatic heterocycles. The Hall–Kier alpha value is -2.03. The van der Waals surface area contributed by atoms with Gasteiger partial charge in [-0.2, -0.15) is 0 Å². The molecule has 8 heteroatoms. The van der Waals surface area contributed by atoms with Gasteiger partial charge in [-0.1, -0.05) is 13.8 Å². The number of ether oxygens (including phenoxy) is 1. The standard InChI is InChI=1S/C22H33N5O2S/c1-14(2)5-6-16(15(3)23)22(24)18-11-19-17(25-18)12-21(30-19)26(4)20(28)13-27-7-9-29-10-8-27/h11-12,14,16,23-25H,5-10,13H2,1-4H3. The van der Waals surface area contributed by atoms with E-state index in [4.69, 9.17) is 15.6 Å². The fourth-order valence-corrected chi connectivity index (χ4v) is 4.70. The van der Waals surface area contributed by atoms with Crippen LogP contribution in [0.1, 0.15) is 39.3 Å². The summed E-state index contributed by atoms with van der Waals surface area (Å²) in [6, 6.07) is 3.96. The lowest BCUT2D eigenvalue weighted by Gasteiger charge is -2.27. The monoisotopic (exact) mass is 431 g/mol. The molecule has 1 atom stereocenters. The van der Waals surface area contributed by atoms with Gasteiger partial charge in [-0.25, -0.2) is 0 Å². The van der Waals surface area contributed by atoms with E-state index in [1.165, 1.54) is 0 Å². The van der Waals surface area contributed by atoms with Crippen molar-refractivity contribution in [1.29, 1.82) is 10.8 Å². The molecule has 0 saturated carbocycles. The molecule has 2 aromatic rings. The fourth-order valence-electron chi connectivity index (χ4n) is 3.66. The quantitative estimate of drug-likeness (QED) is 0.524. The molecule has 3 N–H and O–H groups in total. The summed E-state index contributed by atoms with van der Waals surface area (Å²) in [4.78, 5) is 19.8. The van der Waals surface area contributed by atoms with E-state index in [2.05, 4.69) is 23.7 Å². The van der Waals surface area contributed by atoms with Gasteiger partial charge in [-0.3, -0.25) is 9.69 Å². The third-order valence-electron chi connectivity index (χ3n) is 5.65. The fraction of sp³-hybridized carbons (Fsp3) is 0.591. The lowest BCUT2D eigenvalue weighted by atomic mass is 9.89. The highest BCUT2D eigenvalue weighted by Gasteiger charge is 2.23. The summed E-state index contributed by atoms with van der Waals surface area (Å²) in [7, 11) is 1.82. The maximum atomic E-state index is 12.7. The van der Waals surface area contributed by atoms with Crippen molar-refractivity contribution >= 4 is 43.9 Å². The summed E-state index contributed by atoms with van der Waals surface area (Å²) in [5.41, 5.74) is 2.72. The Balaban J connectivity index is 1.69. The predicted octanol–water partition coefficient (Wildman–Crippen LogP) is 3.98. The van der Waals surface area contributed by atoms with Crippen molar-refractivity contribution in [3.05, 3.63) is 17.8 Å². The average Bonchev–Trinajstić information content (AvgIpc) is 3.27. The average molecular weight is 432 g/mol. The zero-order valence-electron chi connectivity index (χ0n) is 18.4. The highest BCUT2D eigenvalue weighted by molar-refractivity contribution is 7.23. The van der Waals surface area contributed by atoms with Crippen molar-refractivity contribution in [1.82, 2.24) is 9.88 Å². The number of carbonyl (C=O) groups is 1. The van der Waals surface area contributed by atoms with E-state index in [1.807, 2.05) is 19.2 Å². The predicted molar refractivity (Wildman–Crippen MR) is 125 cm³/mol. The number of aromatic amines is 1. The van der Waals surface area contributed by atoms with E-state index in [-0.39, 0.29) is 11.8 Å². The molecule has 3 rings (SSSR count). The minimum absolute atomic E-state index is 0.0712. The van der Waals surface area contributed by atoms with Crippen molar-refractivity contribution in [2.45, 2.75) is 33.6 Å². The van der Waals surface area contributed by atoms with Crippen LogP contribution in [0.2, 0.25) is 0 Å². The number of hydrogen-bond acceptors (Lipinski definition) is 6. The Bertz CT molecular complexity index is 878. The van der Waals surface area contributed by atoms with Crippen molar-refractivity contribution in [2.75, 3.05) is 44.8 Å². The van der Waals surface area contributed by atoms with Crippen molar-refractivity contribution in [3.8, 4) is 0 Å². The third-order valence-corrected chi connectivity index (χ3v) is 6.81. The second kappa shape index (κ2) is 9.85. The highest BCUT2D eigenvalue weighted by Crippen LogP contribution is 2.33. The van der Waals surface area contributed by atoms with Crippen LogP contribution in [0.5, 0.6) is 0 Å². The van der Waals surface area contributed by atoms with Crippen LogP contribution in [0.3, 0.4) is 0 Å². The van der Waals surface area contributed by atoms with Crippen molar-refractivity contribution in [2.24, 2.45) is 11.8 Å². The molecule has 164 valence electrons. The number of H-pyrrole nitrogens is 1. The molecule has 1 saturated heterocycles. The van der Waals surface area contributed by atoms with Gasteiger partial charge in [0.15, 0.2) is 0 Å². The van der Waals surface area contributed by atoms with Gasteiger partial charge in [0.2, 0.25) is 5.91 Å². The van der Waals surface area contributed by atoms with Crippen molar-refractivity contribution in [3.63, 3.8) is 0 Å². The van der Waals surface area contributed by atoms with Crippen LogP contribution in [-0.4, -0.2) is 67.1 Å². The van der Waals surface area contributed by atoms with Gasteiger partial charge < -0.3 is 25.4 Å². The summed E-state index contributed by atoms with van der Waals surface area (Å²) < 4.78 is 6.37. The first-order valence-corrected chi connectivity index (χ1v) is 11.4. The first-order chi connectivity index (χ1) is 14.3. The number of nitrogens with one attached hydrogen (secondary N) is 3. The van der Waals surface area contributed by atoms with Crippen molar-refractivity contribution < 1.29 is 9.53 Å². The van der Waals surface area contributed by atoms with Crippen LogP contribution >= 0.6 is 11.3 Å². The molecule has 1 unspecified atom stereocenters. The van der Waals surface area contributed by atoms with Crippen LogP contribution in [0.4, 0.5) is 5.00 Å². The Morgan fingerprint density at radius 2 is 1.97 bits per heavy atom. The first kappa shape index (κ1) is 22.7. The van der Waals surface area contributed by atoms with Gasteiger partial charge in [0, 0.05) is 31.8 Å². The maximum absolute atomic E-state index is 12.7. The second-order valence-electron chi connectivity index (χ2n) is 8.51. The lowest BCUT2D eigenvalue weighted by Crippen LogP contribution is -2.43. The molecule has 0 spiro atoms. The minimum atomic E-state index is -0.155. The normalized spacial score (nSPS) is 16.2. The van der Waals surface area contributed by atoms with Gasteiger partial charge in [0.1, 0.15) is 5.00 Å². The molecule has 0 aliphatic carbocycles. The van der Waals surface area contributed by atoms with Gasteiger partial charge in [0.25, 0.3) is 0 Å². The number of rotatable bonds is 9. The van der Waals surface area contributed by atoms with Gasteiger partial charge in [-0.15, -0.1) is 11.3 Å². The molecule has 1 aliphatic rings. The Morgan fingerprint density at radius 1 is 1.27 bits per heavy atom. The molecule has 3 heterocycles. The van der Waals surface area contributed by atoms with E-state index in [9.17, 15) is 4.79 Å². The number of hydrogen-bond donors (Lipinski definition) is 3. The van der Waals surface area contributed by atoms with E-state index in [1.54, 1.807) is 23.2 Å². The van der Waals surface area contributed by atoms with Gasteiger partial charge in [-0.05, 0) is 37.8 Å². The SMILES string of the molecule is CC(=N)C(CCC(C)C)C(=N)c1cc2sc(N(C)C(=O)CN3CCOCC3)cc2[nH]1. The number of morpholine rings is 1. The smallest absolute Gasteiger partial charge is 0.241 e. The largest absolute Gasteiger partial charge is 0.379 e. The Morgan fingerprint density at radius 3 is 2.57 bits per heavy atom. The van der Waals surface area contributed by atoms with Crippen LogP contribution in [0.25, 0.3) is 10.2 Å². The number of amides is 1. The number of likely N-dealkylation sites (N-methyl/N-ethyl adjacent to an activating group) is 1. The van der Waals surface area contributed by atoms with Crippen LogP contribution in [0.15, 0.2) is 12.1 Å². The van der Waals surface area contributed by atoms with Crippen LogP contribution < -0.4 is 4.90 Å². The Kier molecular flexibility index (Phi) is 7.44. The molecule has 7 nitrogen and oxygen atoms in total. The topological polar surface area (TPSA) is 96.3 Å². The molecule has 1 fully saturated rings. The summed E-state index contributed by atoms with van der Waals surface area (Å²) in [6.45, 7) is 9.48. The summed E-state index contributed by atoms with van der Waals surface area (Å²) in [6.07, 6.45) is 1.82. The highest BCUT2D eigenvalue weighted by atomic mass is 32.1. The molecule has 1 aliphatic heterocycles. The molecular formula is C22H33N5O2S. The zero-order valence-corrected chi connectivity index (χ0v) is 19.2. The molecule has 30 heavy (non-hydrogen) atoms. The Labute approximate surface area is 182 Å². The van der Waals surface area contributed by atoms with E-state index in [0.717, 1.165) is 46.8 Å². The number of nitrogens with zero attached hydrogens (tertiary/aromatic N) is 2. The van der Waals surface area contributed by atoms with Gasteiger partial charge in [0.05, 0.1) is 41.4 Å². The van der Waals surface area contributed by atoms with Crippen LogP contribution in [0, 0.1) is 22.7 Å². The van der Waals surface area contributed by atoms with E-state index >= 15 is 0 Å². The number of anilines is 1. The molecular weight excluding hydrogens is 398 g/mol. The molecule has 0 bridgehead atoms. The number of carbonyl (C=O) groups excluding carboxylic acids is 1. The number of aromatic nitrogens is 1. The second-order valence-corrected chi connectivity index (χ2v) is 9.57. The number of thiophene rings is 1. The first-order valence-electron chi connectivity index (χ1n) is 10.6. The summed E-state index contributed by atoms with van der Waals surface area (Å²) >= 11 is 1.55. The third kappa shape index (κ3) is 5.36. The number of fused-ring (bicyclic) bond motifs is 1. The van der Waals surface area contributed by atoms with Crippen LogP contribution in [-0.2, 0) is 9.53 Å². The maximum Gasteiger partial charge on any atom is 0.241 e. The minimum Gasteiger partial charge on any atom is -0.379 e. The summed E-state index contributed by atoms with van der Waals surface area (Å²) in [5, 5.41) is 17.6. The molecule has 1 amide bonds. The molecule has 0 radical (unpaired) electrons. The lowest BCUT2D eigenvalue weighted by molar-refractivity contribution is -0.120. The zero-order chi connectivity index (χ0) is 21.8. The molecule has 0 aromatic carbocycles.